The van der Waals surface area contributed by atoms with Gasteiger partial charge in [0.25, 0.3) is 0 Å². The average molecular weight is 467 g/mol. The van der Waals surface area contributed by atoms with E-state index in [1.165, 1.54) is 4.90 Å². The van der Waals surface area contributed by atoms with Crippen molar-refractivity contribution < 1.29 is 29.0 Å². The highest BCUT2D eigenvalue weighted by Gasteiger charge is 2.72. The third-order valence-electron chi connectivity index (χ3n) is 7.42. The summed E-state index contributed by atoms with van der Waals surface area (Å²) in [6.07, 6.45) is 6.85. The maximum Gasteiger partial charge on any atom is 0.313 e. The number of aliphatic hydroxyl groups is 1. The minimum absolute atomic E-state index is 0.0956. The lowest BCUT2D eigenvalue weighted by Crippen LogP contribution is -2.59. The molecule has 4 aliphatic rings. The first-order chi connectivity index (χ1) is 16.4. The Hall–Kier alpha value is -2.97. The first kappa shape index (κ1) is 22.8. The number of cyclic esters (lactones) is 1. The lowest BCUT2D eigenvalue weighted by molar-refractivity contribution is -0.155. The monoisotopic (exact) mass is 466 g/mol. The van der Waals surface area contributed by atoms with Gasteiger partial charge in [0.2, 0.25) is 11.8 Å². The molecular weight excluding hydrogens is 436 g/mol. The maximum absolute atomic E-state index is 14.1. The minimum Gasteiger partial charge on any atom is -0.461 e. The quantitative estimate of drug-likeness (QED) is 0.516. The fourth-order valence-corrected chi connectivity index (χ4v) is 5.92. The zero-order chi connectivity index (χ0) is 24.0. The van der Waals surface area contributed by atoms with Gasteiger partial charge in [-0.1, -0.05) is 48.6 Å². The zero-order valence-electron chi connectivity index (χ0n) is 19.4. The Bertz CT molecular complexity index is 1040. The largest absolute Gasteiger partial charge is 0.461 e. The van der Waals surface area contributed by atoms with Gasteiger partial charge in [-0.2, -0.15) is 0 Å². The molecule has 0 aromatic heterocycles. The number of nitrogens with zero attached hydrogens (tertiary/aromatic N) is 2. The summed E-state index contributed by atoms with van der Waals surface area (Å²) < 4.78 is 11.8. The van der Waals surface area contributed by atoms with Crippen molar-refractivity contribution in [2.45, 2.75) is 50.1 Å². The number of ether oxygens (including phenoxy) is 2. The Balaban J connectivity index is 1.62. The average Bonchev–Trinajstić information content (AvgIpc) is 3.12. The second-order valence-corrected chi connectivity index (χ2v) is 9.66. The number of benzene rings is 1. The van der Waals surface area contributed by atoms with Gasteiger partial charge in [0.05, 0.1) is 24.7 Å². The van der Waals surface area contributed by atoms with Gasteiger partial charge in [0.1, 0.15) is 24.2 Å². The molecule has 0 saturated carbocycles. The van der Waals surface area contributed by atoms with Gasteiger partial charge in [0, 0.05) is 12.6 Å². The Kier molecular flexibility index (Phi) is 5.81. The van der Waals surface area contributed by atoms with Crippen LogP contribution in [0.15, 0.2) is 54.6 Å². The molecule has 4 aliphatic heterocycles. The summed E-state index contributed by atoms with van der Waals surface area (Å²) >= 11 is 0. The van der Waals surface area contributed by atoms with E-state index in [9.17, 15) is 19.5 Å². The van der Waals surface area contributed by atoms with Gasteiger partial charge in [0.15, 0.2) is 0 Å². The van der Waals surface area contributed by atoms with Crippen LogP contribution in [0.1, 0.15) is 19.4 Å². The summed E-state index contributed by atoms with van der Waals surface area (Å²) in [4.78, 5) is 44.2. The molecule has 0 bridgehead atoms. The predicted octanol–water partition coefficient (Wildman–Crippen LogP) is 1.09. The number of carbonyl (C=O) groups is 3. The van der Waals surface area contributed by atoms with E-state index in [0.29, 0.717) is 13.0 Å². The number of amides is 2. The number of rotatable bonds is 5. The maximum atomic E-state index is 14.1. The molecule has 5 rings (SSSR count). The number of aliphatic hydroxyl groups excluding tert-OH is 1. The molecule has 2 amide bonds. The molecule has 0 aliphatic carbocycles. The Labute approximate surface area is 198 Å². The van der Waals surface area contributed by atoms with Gasteiger partial charge in [-0.15, -0.1) is 0 Å². The van der Waals surface area contributed by atoms with Crippen molar-refractivity contribution in [3.8, 4) is 0 Å². The third kappa shape index (κ3) is 3.39. The van der Waals surface area contributed by atoms with Crippen LogP contribution >= 0.6 is 0 Å². The van der Waals surface area contributed by atoms with Crippen molar-refractivity contribution in [3.05, 3.63) is 60.2 Å². The number of carbonyl (C=O) groups excluding carboxylic acids is 3. The predicted molar refractivity (Wildman–Crippen MR) is 122 cm³/mol. The molecule has 8 nitrogen and oxygen atoms in total. The molecule has 8 heteroatoms. The van der Waals surface area contributed by atoms with Gasteiger partial charge in [-0.25, -0.2) is 0 Å². The Morgan fingerprint density at radius 3 is 2.59 bits per heavy atom. The Morgan fingerprint density at radius 1 is 1.12 bits per heavy atom. The molecule has 2 fully saturated rings. The molecular formula is C26H30N2O6. The number of esters is 1. The molecule has 4 heterocycles. The fourth-order valence-electron chi connectivity index (χ4n) is 5.92. The molecule has 1 spiro atoms. The summed E-state index contributed by atoms with van der Waals surface area (Å²) in [7, 11) is 0. The number of likely N-dealkylation sites (tertiary alicyclic amines) is 1. The molecule has 6 atom stereocenters. The highest BCUT2D eigenvalue weighted by molar-refractivity contribution is 5.99. The summed E-state index contributed by atoms with van der Waals surface area (Å²) in [5, 5.41) is 10.4. The third-order valence-corrected chi connectivity index (χ3v) is 7.42. The highest BCUT2D eigenvalue weighted by Crippen LogP contribution is 2.54. The van der Waals surface area contributed by atoms with Crippen LogP contribution in [0, 0.1) is 11.8 Å². The van der Waals surface area contributed by atoms with E-state index in [2.05, 4.69) is 0 Å². The van der Waals surface area contributed by atoms with E-state index in [0.717, 1.165) is 5.56 Å². The Morgan fingerprint density at radius 2 is 1.88 bits per heavy atom. The second-order valence-electron chi connectivity index (χ2n) is 9.66. The molecule has 1 unspecified atom stereocenters. The number of hydrogen-bond acceptors (Lipinski definition) is 6. The topological polar surface area (TPSA) is 96.4 Å². The zero-order valence-corrected chi connectivity index (χ0v) is 19.4. The normalized spacial score (nSPS) is 33.4. The number of hydrogen-bond donors (Lipinski definition) is 1. The van der Waals surface area contributed by atoms with E-state index >= 15 is 0 Å². The molecule has 180 valence electrons. The number of fused-ring (bicyclic) bond motifs is 2. The SMILES string of the molecule is CC(C)N1CC=C[C@]23O[C@H]4C=CCOC(=O)[C@H]4[C@H]2C(=O)N([C@@H](CO)Cc2ccccc2)C3C1=O. The molecule has 34 heavy (non-hydrogen) atoms. The summed E-state index contributed by atoms with van der Waals surface area (Å²) in [5.74, 6) is -2.85. The van der Waals surface area contributed by atoms with Crippen LogP contribution in [0.4, 0.5) is 0 Å². The first-order valence-corrected chi connectivity index (χ1v) is 11.8. The van der Waals surface area contributed by atoms with Crippen LogP contribution in [0.2, 0.25) is 0 Å². The van der Waals surface area contributed by atoms with Crippen molar-refractivity contribution >= 4 is 17.8 Å². The van der Waals surface area contributed by atoms with Crippen LogP contribution in [0.25, 0.3) is 0 Å². The van der Waals surface area contributed by atoms with Crippen molar-refractivity contribution in [3.63, 3.8) is 0 Å². The molecule has 2 saturated heterocycles. The lowest BCUT2D eigenvalue weighted by atomic mass is 9.78. The molecule has 1 N–H and O–H groups in total. The first-order valence-electron chi connectivity index (χ1n) is 11.8. The standard InChI is InChI=1S/C26H30N2O6/c1-16(2)27-12-7-11-26-21(20-19(34-26)10-6-13-33-25(20)32)23(30)28(22(26)24(27)31)18(15-29)14-17-8-4-3-5-9-17/h3-11,16,18-22,29H,12-15H2,1-2H3/t18-,19+,20-,21+,22?,26+/m1/s1. The summed E-state index contributed by atoms with van der Waals surface area (Å²) in [5.41, 5.74) is -0.369. The van der Waals surface area contributed by atoms with E-state index in [1.54, 1.807) is 23.1 Å². The second kappa shape index (κ2) is 8.67. The van der Waals surface area contributed by atoms with Crippen molar-refractivity contribution in [1.29, 1.82) is 0 Å². The van der Waals surface area contributed by atoms with Crippen LogP contribution in [0.3, 0.4) is 0 Å². The smallest absolute Gasteiger partial charge is 0.313 e. The fraction of sp³-hybridized carbons (Fsp3) is 0.500. The van der Waals surface area contributed by atoms with Gasteiger partial charge < -0.3 is 24.4 Å². The van der Waals surface area contributed by atoms with Crippen molar-refractivity contribution in [2.75, 3.05) is 19.8 Å². The van der Waals surface area contributed by atoms with E-state index in [-0.39, 0.29) is 31.1 Å². The summed E-state index contributed by atoms with van der Waals surface area (Å²) in [6, 6.07) is 7.82. The van der Waals surface area contributed by atoms with Crippen molar-refractivity contribution in [2.24, 2.45) is 11.8 Å². The van der Waals surface area contributed by atoms with Crippen molar-refractivity contribution in [1.82, 2.24) is 9.80 Å². The molecule has 1 aromatic carbocycles. The van der Waals surface area contributed by atoms with Gasteiger partial charge in [-0.3, -0.25) is 14.4 Å². The highest BCUT2D eigenvalue weighted by atomic mass is 16.6. The van der Waals surface area contributed by atoms with Crippen LogP contribution < -0.4 is 0 Å². The van der Waals surface area contributed by atoms with E-state index in [4.69, 9.17) is 9.47 Å². The molecule has 1 aromatic rings. The van der Waals surface area contributed by atoms with E-state index < -0.39 is 41.6 Å². The van der Waals surface area contributed by atoms with Crippen LogP contribution in [0.5, 0.6) is 0 Å². The van der Waals surface area contributed by atoms with Gasteiger partial charge >= 0.3 is 5.97 Å². The van der Waals surface area contributed by atoms with Crippen LogP contribution in [-0.4, -0.2) is 82.3 Å². The molecule has 0 radical (unpaired) electrons. The summed E-state index contributed by atoms with van der Waals surface area (Å²) in [6.45, 7) is 4.03. The minimum atomic E-state index is -1.31. The van der Waals surface area contributed by atoms with Crippen LogP contribution in [-0.2, 0) is 30.3 Å². The van der Waals surface area contributed by atoms with E-state index in [1.807, 2.05) is 50.3 Å². The van der Waals surface area contributed by atoms with Gasteiger partial charge in [-0.05, 0) is 31.9 Å². The lowest BCUT2D eigenvalue weighted by Gasteiger charge is -2.39.